The predicted octanol–water partition coefficient (Wildman–Crippen LogP) is 7.87. The number of amides is 1. The summed E-state index contributed by atoms with van der Waals surface area (Å²) in [6.07, 6.45) is 25.5. The van der Waals surface area contributed by atoms with Gasteiger partial charge in [-0.3, -0.25) is 9.35 Å². The number of rotatable bonds is 30. The summed E-state index contributed by atoms with van der Waals surface area (Å²) in [6, 6.07) is -1.14. The molecule has 0 bridgehead atoms. The molecule has 8 heteroatoms. The number of aliphatic hydroxyl groups excluding tert-OH is 2. The summed E-state index contributed by atoms with van der Waals surface area (Å²) in [5.41, 5.74) is 0. The molecule has 0 aliphatic rings. The minimum Gasteiger partial charge on any atom is -0.391 e. The Morgan fingerprint density at radius 2 is 0.900 bits per heavy atom. The zero-order valence-electron chi connectivity index (χ0n) is 26.1. The van der Waals surface area contributed by atoms with Crippen LogP contribution in [0, 0.1) is 0 Å². The number of nitrogens with one attached hydrogen (secondary N) is 1. The Morgan fingerprint density at radius 3 is 1.25 bits per heavy atom. The van der Waals surface area contributed by atoms with E-state index in [0.29, 0.717) is 12.8 Å². The SMILES string of the molecule is CCCCCCCCCCCCCCCC(O)C(CS(=O)(=O)O)NC(=O)C(O)CCCCCCCCCCCC. The molecule has 0 aromatic heterocycles. The van der Waals surface area contributed by atoms with Crippen molar-refractivity contribution in [2.75, 3.05) is 5.75 Å². The average Bonchev–Trinajstić information content (AvgIpc) is 2.90. The van der Waals surface area contributed by atoms with Crippen LogP contribution in [0.25, 0.3) is 0 Å². The molecule has 4 N–H and O–H groups in total. The fourth-order valence-corrected chi connectivity index (χ4v) is 6.04. The first-order chi connectivity index (χ1) is 19.2. The van der Waals surface area contributed by atoms with Crippen LogP contribution < -0.4 is 5.32 Å². The minimum absolute atomic E-state index is 0.301. The fraction of sp³-hybridized carbons (Fsp3) is 0.969. The van der Waals surface area contributed by atoms with Gasteiger partial charge in [0.25, 0.3) is 10.1 Å². The van der Waals surface area contributed by atoms with Crippen LogP contribution in [0.3, 0.4) is 0 Å². The monoisotopic (exact) mass is 591 g/mol. The normalized spacial score (nSPS) is 14.2. The molecule has 0 radical (unpaired) electrons. The lowest BCUT2D eigenvalue weighted by atomic mass is 10.0. The summed E-state index contributed by atoms with van der Waals surface area (Å²) in [7, 11) is -4.39. The van der Waals surface area contributed by atoms with Gasteiger partial charge < -0.3 is 15.5 Å². The van der Waals surface area contributed by atoms with Gasteiger partial charge in [-0.15, -0.1) is 0 Å². The first-order valence-corrected chi connectivity index (χ1v) is 18.4. The zero-order valence-corrected chi connectivity index (χ0v) is 26.9. The van der Waals surface area contributed by atoms with E-state index in [0.717, 1.165) is 51.4 Å². The summed E-state index contributed by atoms with van der Waals surface area (Å²) in [4.78, 5) is 12.5. The Morgan fingerprint density at radius 1 is 0.575 bits per heavy atom. The van der Waals surface area contributed by atoms with Gasteiger partial charge in [-0.25, -0.2) is 0 Å². The molecule has 0 fully saturated rings. The maximum atomic E-state index is 12.5. The van der Waals surface area contributed by atoms with Crippen LogP contribution in [0.1, 0.15) is 174 Å². The van der Waals surface area contributed by atoms with E-state index in [4.69, 9.17) is 0 Å². The third-order valence-electron chi connectivity index (χ3n) is 7.92. The van der Waals surface area contributed by atoms with Crippen LogP contribution in [0.5, 0.6) is 0 Å². The lowest BCUT2D eigenvalue weighted by Crippen LogP contribution is -2.50. The van der Waals surface area contributed by atoms with E-state index in [1.54, 1.807) is 0 Å². The van der Waals surface area contributed by atoms with Crippen LogP contribution in [-0.2, 0) is 14.9 Å². The van der Waals surface area contributed by atoms with E-state index in [1.807, 2.05) is 0 Å². The second-order valence-electron chi connectivity index (χ2n) is 11.9. The van der Waals surface area contributed by atoms with Crippen molar-refractivity contribution < 1.29 is 28.0 Å². The summed E-state index contributed by atoms with van der Waals surface area (Å²) < 4.78 is 32.3. The van der Waals surface area contributed by atoms with Crippen molar-refractivity contribution in [3.63, 3.8) is 0 Å². The van der Waals surface area contributed by atoms with Crippen molar-refractivity contribution in [3.8, 4) is 0 Å². The van der Waals surface area contributed by atoms with Crippen molar-refractivity contribution in [3.05, 3.63) is 0 Å². The van der Waals surface area contributed by atoms with Crippen LogP contribution in [0.15, 0.2) is 0 Å². The lowest BCUT2D eigenvalue weighted by molar-refractivity contribution is -0.131. The van der Waals surface area contributed by atoms with Crippen molar-refractivity contribution >= 4 is 16.0 Å². The molecule has 0 heterocycles. The molecular weight excluding hydrogens is 526 g/mol. The first kappa shape index (κ1) is 39.3. The van der Waals surface area contributed by atoms with E-state index in [1.165, 1.54) is 96.3 Å². The molecule has 0 rings (SSSR count). The number of aliphatic hydroxyl groups is 2. The average molecular weight is 592 g/mol. The highest BCUT2D eigenvalue weighted by Crippen LogP contribution is 2.16. The standard InChI is InChI=1S/C32H65NO6S/c1-3-5-7-9-11-13-15-16-17-19-20-22-24-26-30(34)29(28-40(37,38)39)33-32(36)31(35)27-25-23-21-18-14-12-10-8-6-4-2/h29-31,34-35H,3-28H2,1-2H3,(H,33,36)(H,37,38,39). The van der Waals surface area contributed by atoms with Crippen molar-refractivity contribution in [1.82, 2.24) is 5.32 Å². The van der Waals surface area contributed by atoms with Gasteiger partial charge in [-0.1, -0.05) is 162 Å². The van der Waals surface area contributed by atoms with Crippen molar-refractivity contribution in [2.45, 2.75) is 193 Å². The van der Waals surface area contributed by atoms with Crippen molar-refractivity contribution in [2.24, 2.45) is 0 Å². The minimum atomic E-state index is -4.39. The van der Waals surface area contributed by atoms with E-state index in [-0.39, 0.29) is 0 Å². The molecule has 3 unspecified atom stereocenters. The third kappa shape index (κ3) is 26.2. The zero-order chi connectivity index (χ0) is 29.9. The highest BCUT2D eigenvalue weighted by molar-refractivity contribution is 7.85. The van der Waals surface area contributed by atoms with Gasteiger partial charge in [0.15, 0.2) is 0 Å². The quantitative estimate of drug-likeness (QED) is 0.0498. The lowest BCUT2D eigenvalue weighted by Gasteiger charge is -2.24. The van der Waals surface area contributed by atoms with E-state index in [9.17, 15) is 28.0 Å². The molecule has 0 aromatic rings. The molecule has 3 atom stereocenters. The molecule has 1 amide bonds. The summed E-state index contributed by atoms with van der Waals surface area (Å²) in [5.74, 6) is -1.45. The third-order valence-corrected chi connectivity index (χ3v) is 8.70. The Balaban J connectivity index is 4.10. The molecule has 0 spiro atoms. The Bertz CT molecular complexity index is 672. The summed E-state index contributed by atoms with van der Waals surface area (Å²) in [6.45, 7) is 4.45. The summed E-state index contributed by atoms with van der Waals surface area (Å²) >= 11 is 0. The van der Waals surface area contributed by atoms with Crippen LogP contribution >= 0.6 is 0 Å². The number of unbranched alkanes of at least 4 members (excludes halogenated alkanes) is 21. The fourth-order valence-electron chi connectivity index (χ4n) is 5.28. The van der Waals surface area contributed by atoms with Gasteiger partial charge in [0.2, 0.25) is 5.91 Å². The highest BCUT2D eigenvalue weighted by atomic mass is 32.2. The first-order valence-electron chi connectivity index (χ1n) is 16.8. The van der Waals surface area contributed by atoms with E-state index in [2.05, 4.69) is 19.2 Å². The highest BCUT2D eigenvalue weighted by Gasteiger charge is 2.28. The number of hydrogen-bond acceptors (Lipinski definition) is 5. The summed E-state index contributed by atoms with van der Waals surface area (Å²) in [5, 5.41) is 23.3. The maximum absolute atomic E-state index is 12.5. The molecule has 0 saturated heterocycles. The topological polar surface area (TPSA) is 124 Å². The molecule has 40 heavy (non-hydrogen) atoms. The second kappa shape index (κ2) is 27.2. The second-order valence-corrected chi connectivity index (χ2v) is 13.4. The van der Waals surface area contributed by atoms with Crippen LogP contribution in [-0.4, -0.2) is 53.1 Å². The van der Waals surface area contributed by atoms with Gasteiger partial charge in [0, 0.05) is 0 Å². The Kier molecular flexibility index (Phi) is 26.7. The van der Waals surface area contributed by atoms with Crippen LogP contribution in [0.2, 0.25) is 0 Å². The van der Waals surface area contributed by atoms with E-state index >= 15 is 0 Å². The van der Waals surface area contributed by atoms with E-state index < -0.39 is 40.0 Å². The Labute approximate surface area is 247 Å². The Hall–Kier alpha value is -0.700. The van der Waals surface area contributed by atoms with Gasteiger partial charge in [0.1, 0.15) is 6.10 Å². The van der Waals surface area contributed by atoms with Gasteiger partial charge in [-0.05, 0) is 12.8 Å². The molecule has 0 saturated carbocycles. The van der Waals surface area contributed by atoms with Gasteiger partial charge in [0.05, 0.1) is 17.9 Å². The molecular formula is C32H65NO6S. The molecule has 0 aliphatic heterocycles. The predicted molar refractivity (Wildman–Crippen MR) is 167 cm³/mol. The number of hydrogen-bond donors (Lipinski definition) is 4. The smallest absolute Gasteiger partial charge is 0.266 e. The molecule has 7 nitrogen and oxygen atoms in total. The van der Waals surface area contributed by atoms with Crippen LogP contribution in [0.4, 0.5) is 0 Å². The van der Waals surface area contributed by atoms with Gasteiger partial charge >= 0.3 is 0 Å². The number of carbonyl (C=O) groups excluding carboxylic acids is 1. The molecule has 240 valence electrons. The maximum Gasteiger partial charge on any atom is 0.266 e. The largest absolute Gasteiger partial charge is 0.391 e. The molecule has 0 aromatic carbocycles. The molecule has 0 aliphatic carbocycles. The van der Waals surface area contributed by atoms with Gasteiger partial charge in [-0.2, -0.15) is 8.42 Å². The number of carbonyl (C=O) groups is 1. The van der Waals surface area contributed by atoms with Crippen molar-refractivity contribution in [1.29, 1.82) is 0 Å².